The first-order valence-corrected chi connectivity index (χ1v) is 9.86. The summed E-state index contributed by atoms with van der Waals surface area (Å²) in [5.41, 5.74) is -1.15. The monoisotopic (exact) mass is 437 g/mol. The Balaban J connectivity index is 1.85. The number of anilines is 1. The van der Waals surface area contributed by atoms with Gasteiger partial charge < -0.3 is 10.0 Å². The lowest BCUT2D eigenvalue weighted by Gasteiger charge is -2.34. The molecule has 3 heterocycles. The van der Waals surface area contributed by atoms with Crippen LogP contribution in [0.1, 0.15) is 35.1 Å². The summed E-state index contributed by atoms with van der Waals surface area (Å²) in [5, 5.41) is 9.97. The van der Waals surface area contributed by atoms with Crippen molar-refractivity contribution in [2.75, 3.05) is 18.0 Å². The second-order valence-electron chi connectivity index (χ2n) is 7.48. The van der Waals surface area contributed by atoms with Crippen molar-refractivity contribution in [1.82, 2.24) is 9.38 Å². The fourth-order valence-corrected chi connectivity index (χ4v) is 4.02. The van der Waals surface area contributed by atoms with Crippen LogP contribution >= 0.6 is 11.6 Å². The van der Waals surface area contributed by atoms with E-state index in [0.717, 1.165) is 18.6 Å². The van der Waals surface area contributed by atoms with E-state index in [1.807, 2.05) is 11.8 Å². The molecule has 1 N–H and O–H groups in total. The average molecular weight is 438 g/mol. The van der Waals surface area contributed by atoms with Gasteiger partial charge in [-0.15, -0.1) is 0 Å². The summed E-state index contributed by atoms with van der Waals surface area (Å²) in [6.45, 7) is 2.90. The summed E-state index contributed by atoms with van der Waals surface area (Å²) in [6.07, 6.45) is -2.98. The molecule has 3 aromatic rings. The first-order valence-electron chi connectivity index (χ1n) is 9.49. The zero-order valence-electron chi connectivity index (χ0n) is 16.0. The molecule has 0 radical (unpaired) electrons. The maximum Gasteiger partial charge on any atom is 0.417 e. The molecule has 0 amide bonds. The van der Waals surface area contributed by atoms with Crippen molar-refractivity contribution in [3.05, 3.63) is 64.6 Å². The third-order valence-corrected chi connectivity index (χ3v) is 5.81. The number of imidazole rings is 1. The third-order valence-electron chi connectivity index (χ3n) is 5.50. The van der Waals surface area contributed by atoms with Gasteiger partial charge in [0.25, 0.3) is 0 Å². The molecule has 2 atom stereocenters. The van der Waals surface area contributed by atoms with Crippen LogP contribution in [0.5, 0.6) is 0 Å². The number of carbonyl (C=O) groups excluding carboxylic acids is 1. The maximum absolute atomic E-state index is 13.5. The molecule has 0 bridgehead atoms. The van der Waals surface area contributed by atoms with Crippen molar-refractivity contribution in [1.29, 1.82) is 0 Å². The van der Waals surface area contributed by atoms with Crippen molar-refractivity contribution >= 4 is 28.7 Å². The fraction of sp³-hybridized carbons (Fsp3) is 0.333. The fourth-order valence-electron chi connectivity index (χ4n) is 3.76. The Bertz CT molecular complexity index is 1110. The number of aliphatic hydroxyl groups is 1. The smallest absolute Gasteiger partial charge is 0.391 e. The Morgan fingerprint density at radius 3 is 2.70 bits per heavy atom. The van der Waals surface area contributed by atoms with E-state index in [4.69, 9.17) is 11.6 Å². The Morgan fingerprint density at radius 1 is 1.23 bits per heavy atom. The second-order valence-corrected chi connectivity index (χ2v) is 7.89. The molecule has 5 nitrogen and oxygen atoms in total. The predicted molar refractivity (Wildman–Crippen MR) is 107 cm³/mol. The van der Waals surface area contributed by atoms with Crippen LogP contribution in [0, 0.1) is 5.92 Å². The molecule has 4 rings (SSSR count). The van der Waals surface area contributed by atoms with Gasteiger partial charge in [0.2, 0.25) is 5.78 Å². The molecule has 158 valence electrons. The van der Waals surface area contributed by atoms with E-state index < -0.39 is 29.2 Å². The molecular weight excluding hydrogens is 419 g/mol. The number of benzene rings is 1. The predicted octanol–water partition coefficient (Wildman–Crippen LogP) is 4.44. The number of aliphatic hydroxyl groups excluding tert-OH is 1. The number of hydrogen-bond acceptors (Lipinski definition) is 4. The molecule has 1 saturated heterocycles. The summed E-state index contributed by atoms with van der Waals surface area (Å²) in [7, 11) is 0. The number of alkyl halides is 3. The molecule has 1 aliphatic heterocycles. The zero-order chi connectivity index (χ0) is 21.6. The molecule has 0 spiro atoms. The minimum absolute atomic E-state index is 0.133. The lowest BCUT2D eigenvalue weighted by molar-refractivity contribution is -0.137. The minimum Gasteiger partial charge on any atom is -0.391 e. The van der Waals surface area contributed by atoms with Crippen LogP contribution in [0.2, 0.25) is 5.02 Å². The number of hydrogen-bond donors (Lipinski definition) is 1. The van der Waals surface area contributed by atoms with Gasteiger partial charge >= 0.3 is 6.18 Å². The summed E-state index contributed by atoms with van der Waals surface area (Å²) in [4.78, 5) is 19.5. The Hall–Kier alpha value is -2.58. The van der Waals surface area contributed by atoms with Crippen LogP contribution < -0.4 is 4.90 Å². The number of carbonyl (C=O) groups is 1. The van der Waals surface area contributed by atoms with Gasteiger partial charge in [0.15, 0.2) is 11.6 Å². The van der Waals surface area contributed by atoms with E-state index in [9.17, 15) is 23.1 Å². The molecule has 0 saturated carbocycles. The van der Waals surface area contributed by atoms with Crippen molar-refractivity contribution in [2.24, 2.45) is 5.92 Å². The summed E-state index contributed by atoms with van der Waals surface area (Å²) >= 11 is 6.02. The lowest BCUT2D eigenvalue weighted by atomic mass is 9.96. The molecular formula is C21H19ClF3N3O2. The Kier molecular flexibility index (Phi) is 5.23. The number of rotatable bonds is 3. The van der Waals surface area contributed by atoms with E-state index >= 15 is 0 Å². The van der Waals surface area contributed by atoms with Crippen LogP contribution in [0.15, 0.2) is 42.6 Å². The highest BCUT2D eigenvalue weighted by Gasteiger charge is 2.38. The SMILES string of the molecule is C[C@H]1CCN(c2nc(C(=O)c3c(Cl)cccc3C(F)(F)F)n3ccccc23)C[C@@H]1O. The van der Waals surface area contributed by atoms with Gasteiger partial charge in [0.05, 0.1) is 27.8 Å². The van der Waals surface area contributed by atoms with Gasteiger partial charge in [0.1, 0.15) is 0 Å². The number of halogens is 4. The molecule has 1 fully saturated rings. The quantitative estimate of drug-likeness (QED) is 0.615. The summed E-state index contributed by atoms with van der Waals surface area (Å²) in [5.74, 6) is -0.488. The molecule has 0 aliphatic carbocycles. The molecule has 1 aliphatic rings. The van der Waals surface area contributed by atoms with Gasteiger partial charge in [-0.2, -0.15) is 13.2 Å². The average Bonchev–Trinajstić information content (AvgIpc) is 3.08. The van der Waals surface area contributed by atoms with E-state index in [1.54, 1.807) is 24.4 Å². The van der Waals surface area contributed by atoms with Gasteiger partial charge in [-0.25, -0.2) is 4.98 Å². The highest BCUT2D eigenvalue weighted by molar-refractivity contribution is 6.35. The van der Waals surface area contributed by atoms with E-state index in [1.165, 1.54) is 10.5 Å². The largest absolute Gasteiger partial charge is 0.417 e. The number of pyridine rings is 1. The normalized spacial score (nSPS) is 20.0. The minimum atomic E-state index is -4.74. The molecule has 30 heavy (non-hydrogen) atoms. The van der Waals surface area contributed by atoms with Crippen LogP contribution in [0.4, 0.5) is 19.0 Å². The highest BCUT2D eigenvalue weighted by Crippen LogP contribution is 2.37. The molecule has 0 unspecified atom stereocenters. The van der Waals surface area contributed by atoms with Gasteiger partial charge in [-0.05, 0) is 36.6 Å². The van der Waals surface area contributed by atoms with Crippen LogP contribution in [-0.4, -0.2) is 39.5 Å². The standard InChI is InChI=1S/C21H19ClF3N3O2/c1-12-8-10-27(11-16(12)29)19-15-7-2-3-9-28(15)20(26-19)18(30)17-13(21(23,24)25)5-4-6-14(17)22/h2-7,9,12,16,29H,8,10-11H2,1H3/t12-,16-/m0/s1. The van der Waals surface area contributed by atoms with Crippen molar-refractivity contribution in [3.8, 4) is 0 Å². The van der Waals surface area contributed by atoms with Gasteiger partial charge in [-0.1, -0.05) is 30.7 Å². The molecule has 2 aromatic heterocycles. The highest BCUT2D eigenvalue weighted by atomic mass is 35.5. The topological polar surface area (TPSA) is 57.8 Å². The Labute approximate surface area is 175 Å². The number of ketones is 1. The van der Waals surface area contributed by atoms with Crippen molar-refractivity contribution in [3.63, 3.8) is 0 Å². The number of piperidine rings is 1. The lowest BCUT2D eigenvalue weighted by Crippen LogP contribution is -2.43. The van der Waals surface area contributed by atoms with E-state index in [2.05, 4.69) is 4.98 Å². The first-order chi connectivity index (χ1) is 14.2. The van der Waals surface area contributed by atoms with Crippen LogP contribution in [-0.2, 0) is 6.18 Å². The first kappa shape index (κ1) is 20.7. The number of β-amino-alcohol motifs (C(OH)–C–C–N with tert-alkyl or cyclic N) is 1. The third kappa shape index (κ3) is 3.54. The Morgan fingerprint density at radius 2 is 2.00 bits per heavy atom. The molecule has 1 aromatic carbocycles. The number of aromatic nitrogens is 2. The van der Waals surface area contributed by atoms with Crippen molar-refractivity contribution < 1.29 is 23.1 Å². The van der Waals surface area contributed by atoms with E-state index in [0.29, 0.717) is 24.4 Å². The zero-order valence-corrected chi connectivity index (χ0v) is 16.8. The van der Waals surface area contributed by atoms with Gasteiger partial charge in [0, 0.05) is 19.3 Å². The maximum atomic E-state index is 13.5. The van der Waals surface area contributed by atoms with Crippen molar-refractivity contribution in [2.45, 2.75) is 25.6 Å². The summed E-state index contributed by atoms with van der Waals surface area (Å²) < 4.78 is 42.0. The summed E-state index contributed by atoms with van der Waals surface area (Å²) in [6, 6.07) is 8.41. The van der Waals surface area contributed by atoms with E-state index in [-0.39, 0.29) is 16.8 Å². The van der Waals surface area contributed by atoms with Crippen LogP contribution in [0.3, 0.4) is 0 Å². The number of nitrogens with zero attached hydrogens (tertiary/aromatic N) is 3. The van der Waals surface area contributed by atoms with Gasteiger partial charge in [-0.3, -0.25) is 9.20 Å². The van der Waals surface area contributed by atoms with Crippen LogP contribution in [0.25, 0.3) is 5.52 Å². The second kappa shape index (κ2) is 7.59. The molecule has 9 heteroatoms. The number of fused-ring (bicyclic) bond motifs is 1.